The first-order chi connectivity index (χ1) is 13.1. The number of rotatable bonds is 3. The summed E-state index contributed by atoms with van der Waals surface area (Å²) < 4.78 is 20.6. The van der Waals surface area contributed by atoms with Crippen molar-refractivity contribution < 1.29 is 13.9 Å². The molecule has 2 amide bonds. The lowest BCUT2D eigenvalue weighted by molar-refractivity contribution is 0.184. The van der Waals surface area contributed by atoms with Gasteiger partial charge >= 0.3 is 6.03 Å². The topological polar surface area (TPSA) is 59.4 Å². The van der Waals surface area contributed by atoms with Gasteiger partial charge < -0.3 is 19.5 Å². The molecule has 0 aliphatic carbocycles. The van der Waals surface area contributed by atoms with Gasteiger partial charge in [-0.1, -0.05) is 6.07 Å². The fraction of sp³-hybridized carbons (Fsp3) is 0.300. The van der Waals surface area contributed by atoms with E-state index >= 15 is 0 Å². The van der Waals surface area contributed by atoms with E-state index in [1.165, 1.54) is 12.1 Å². The molecule has 6 nitrogen and oxygen atoms in total. The number of hydrogen-bond acceptors (Lipinski definition) is 3. The maximum absolute atomic E-state index is 13.3. The number of halogens is 1. The Bertz CT molecular complexity index is 964. The van der Waals surface area contributed by atoms with E-state index in [1.807, 2.05) is 23.1 Å². The van der Waals surface area contributed by atoms with Gasteiger partial charge in [0.25, 0.3) is 0 Å². The Morgan fingerprint density at radius 2 is 2.04 bits per heavy atom. The Morgan fingerprint density at radius 3 is 2.81 bits per heavy atom. The summed E-state index contributed by atoms with van der Waals surface area (Å²) in [5.74, 6) is 0.423. The number of piperidine rings is 1. The van der Waals surface area contributed by atoms with Crippen molar-refractivity contribution in [2.24, 2.45) is 0 Å². The highest BCUT2D eigenvalue weighted by atomic mass is 19.1. The summed E-state index contributed by atoms with van der Waals surface area (Å²) in [7, 11) is 1.60. The molecule has 3 aromatic rings. The molecule has 1 fully saturated rings. The number of likely N-dealkylation sites (tertiary alicyclic amines) is 1. The number of ether oxygens (including phenoxy) is 1. The molecule has 1 aliphatic rings. The molecule has 1 saturated heterocycles. The number of nitrogens with one attached hydrogen (secondary N) is 1. The predicted octanol–water partition coefficient (Wildman–Crippen LogP) is 4.05. The number of methoxy groups -OCH3 is 1. The summed E-state index contributed by atoms with van der Waals surface area (Å²) in [6, 6.07) is 12.1. The van der Waals surface area contributed by atoms with E-state index < -0.39 is 0 Å². The van der Waals surface area contributed by atoms with Crippen LogP contribution >= 0.6 is 0 Å². The van der Waals surface area contributed by atoms with Gasteiger partial charge in [0.2, 0.25) is 0 Å². The van der Waals surface area contributed by atoms with E-state index in [9.17, 15) is 9.18 Å². The van der Waals surface area contributed by atoms with Crippen LogP contribution in [0.2, 0.25) is 0 Å². The summed E-state index contributed by atoms with van der Waals surface area (Å²) in [5, 5.41) is 2.92. The van der Waals surface area contributed by atoms with Crippen LogP contribution in [0.15, 0.2) is 48.8 Å². The molecule has 1 aromatic heterocycles. The smallest absolute Gasteiger partial charge is 0.321 e. The number of anilines is 1. The van der Waals surface area contributed by atoms with E-state index in [1.54, 1.807) is 25.6 Å². The maximum Gasteiger partial charge on any atom is 0.321 e. The van der Waals surface area contributed by atoms with Crippen LogP contribution in [-0.2, 0) is 0 Å². The first-order valence-corrected chi connectivity index (χ1v) is 8.96. The van der Waals surface area contributed by atoms with Crippen LogP contribution in [0, 0.1) is 5.82 Å². The highest BCUT2D eigenvalue weighted by molar-refractivity contribution is 5.89. The van der Waals surface area contributed by atoms with Gasteiger partial charge in [0, 0.05) is 37.0 Å². The van der Waals surface area contributed by atoms with Crippen molar-refractivity contribution >= 4 is 22.8 Å². The van der Waals surface area contributed by atoms with Gasteiger partial charge in [-0.25, -0.2) is 14.2 Å². The summed E-state index contributed by atoms with van der Waals surface area (Å²) in [6.45, 7) is 1.31. The Labute approximate surface area is 156 Å². The number of carbonyl (C=O) groups is 1. The fourth-order valence-electron chi connectivity index (χ4n) is 3.55. The van der Waals surface area contributed by atoms with Gasteiger partial charge in [-0.05, 0) is 37.1 Å². The van der Waals surface area contributed by atoms with Crippen molar-refractivity contribution in [1.29, 1.82) is 0 Å². The minimum Gasteiger partial charge on any atom is -0.497 e. The van der Waals surface area contributed by atoms with Crippen LogP contribution in [0.25, 0.3) is 11.0 Å². The van der Waals surface area contributed by atoms with Gasteiger partial charge in [0.1, 0.15) is 11.6 Å². The lowest BCUT2D eigenvalue weighted by Crippen LogP contribution is -2.41. The lowest BCUT2D eigenvalue weighted by atomic mass is 10.0. The molecule has 0 spiro atoms. The molecule has 0 radical (unpaired) electrons. The highest BCUT2D eigenvalue weighted by Gasteiger charge is 2.25. The Hall–Kier alpha value is -3.09. The summed E-state index contributed by atoms with van der Waals surface area (Å²) >= 11 is 0. The number of fused-ring (bicyclic) bond motifs is 1. The molecule has 0 atom stereocenters. The van der Waals surface area contributed by atoms with E-state index in [2.05, 4.69) is 14.9 Å². The van der Waals surface area contributed by atoms with Crippen molar-refractivity contribution in [3.63, 3.8) is 0 Å². The number of amides is 2. The molecule has 27 heavy (non-hydrogen) atoms. The Balaban J connectivity index is 1.40. The number of aromatic nitrogens is 2. The zero-order chi connectivity index (χ0) is 18.8. The minimum atomic E-state index is -0.281. The maximum atomic E-state index is 13.3. The van der Waals surface area contributed by atoms with E-state index in [0.717, 1.165) is 18.4 Å². The van der Waals surface area contributed by atoms with Crippen molar-refractivity contribution in [2.45, 2.75) is 18.9 Å². The standard InChI is InChI=1S/C20H21FN4O2/c1-27-17-4-2-3-15(12-17)23-20(26)24-9-7-16(8-10-24)25-13-22-18-11-14(21)5-6-19(18)25/h2-6,11-13,16H,7-10H2,1H3,(H,23,26). The van der Waals surface area contributed by atoms with Crippen LogP contribution in [0.3, 0.4) is 0 Å². The molecule has 1 aliphatic heterocycles. The second-order valence-electron chi connectivity index (χ2n) is 6.67. The number of hydrogen-bond donors (Lipinski definition) is 1. The summed E-state index contributed by atoms with van der Waals surface area (Å²) in [5.41, 5.74) is 2.30. The number of urea groups is 1. The van der Waals surface area contributed by atoms with Crippen LogP contribution in [0.1, 0.15) is 18.9 Å². The van der Waals surface area contributed by atoms with Crippen LogP contribution < -0.4 is 10.1 Å². The average molecular weight is 368 g/mol. The molecule has 4 rings (SSSR count). The molecule has 140 valence electrons. The predicted molar refractivity (Wildman–Crippen MR) is 102 cm³/mol. The zero-order valence-electron chi connectivity index (χ0n) is 15.1. The highest BCUT2D eigenvalue weighted by Crippen LogP contribution is 2.27. The van der Waals surface area contributed by atoms with Crippen molar-refractivity contribution in [1.82, 2.24) is 14.5 Å². The SMILES string of the molecule is COc1cccc(NC(=O)N2CCC(n3cnc4cc(F)ccc43)CC2)c1. The molecule has 0 saturated carbocycles. The van der Waals surface area contributed by atoms with E-state index in [4.69, 9.17) is 4.74 Å². The molecule has 2 aromatic carbocycles. The molecular formula is C20H21FN4O2. The van der Waals surface area contributed by atoms with Crippen molar-refractivity contribution in [3.05, 3.63) is 54.6 Å². The zero-order valence-corrected chi connectivity index (χ0v) is 15.1. The summed E-state index contributed by atoms with van der Waals surface area (Å²) in [4.78, 5) is 18.6. The first-order valence-electron chi connectivity index (χ1n) is 8.96. The van der Waals surface area contributed by atoms with Crippen LogP contribution in [0.4, 0.5) is 14.9 Å². The molecule has 2 heterocycles. The van der Waals surface area contributed by atoms with Crippen LogP contribution in [-0.4, -0.2) is 40.7 Å². The largest absolute Gasteiger partial charge is 0.497 e. The summed E-state index contributed by atoms with van der Waals surface area (Å²) in [6.07, 6.45) is 3.42. The normalized spacial score (nSPS) is 15.1. The third-order valence-electron chi connectivity index (χ3n) is 5.00. The molecule has 7 heteroatoms. The fourth-order valence-corrected chi connectivity index (χ4v) is 3.55. The minimum absolute atomic E-state index is 0.112. The van der Waals surface area contributed by atoms with Crippen LogP contribution in [0.5, 0.6) is 5.75 Å². The Kier molecular flexibility index (Phi) is 4.66. The number of imidazole rings is 1. The van der Waals surface area contributed by atoms with Gasteiger partial charge in [-0.3, -0.25) is 0 Å². The number of nitrogens with zero attached hydrogens (tertiary/aromatic N) is 3. The third kappa shape index (κ3) is 3.58. The third-order valence-corrected chi connectivity index (χ3v) is 5.00. The second-order valence-corrected chi connectivity index (χ2v) is 6.67. The molecule has 0 bridgehead atoms. The van der Waals surface area contributed by atoms with E-state index in [0.29, 0.717) is 30.0 Å². The average Bonchev–Trinajstić information content (AvgIpc) is 3.11. The number of benzene rings is 2. The van der Waals surface area contributed by atoms with Gasteiger partial charge in [0.15, 0.2) is 0 Å². The lowest BCUT2D eigenvalue weighted by Gasteiger charge is -2.32. The second kappa shape index (κ2) is 7.26. The van der Waals surface area contributed by atoms with Gasteiger partial charge in [-0.2, -0.15) is 0 Å². The van der Waals surface area contributed by atoms with Gasteiger partial charge in [0.05, 0.1) is 24.5 Å². The van der Waals surface area contributed by atoms with Gasteiger partial charge in [-0.15, -0.1) is 0 Å². The van der Waals surface area contributed by atoms with Crippen molar-refractivity contribution in [2.75, 3.05) is 25.5 Å². The monoisotopic (exact) mass is 368 g/mol. The molecular weight excluding hydrogens is 347 g/mol. The van der Waals surface area contributed by atoms with E-state index in [-0.39, 0.29) is 17.9 Å². The number of carbonyl (C=O) groups excluding carboxylic acids is 1. The first kappa shape index (κ1) is 17.3. The molecule has 0 unspecified atom stereocenters. The quantitative estimate of drug-likeness (QED) is 0.759. The Morgan fingerprint density at radius 1 is 1.22 bits per heavy atom. The van der Waals surface area contributed by atoms with Crippen molar-refractivity contribution in [3.8, 4) is 5.75 Å². The molecule has 1 N–H and O–H groups in total.